The zero-order valence-electron chi connectivity index (χ0n) is 11.8. The first-order valence-corrected chi connectivity index (χ1v) is 7.97. The summed E-state index contributed by atoms with van der Waals surface area (Å²) in [5, 5.41) is 0. The van der Waals surface area contributed by atoms with Crippen LogP contribution in [0.15, 0.2) is 59.1 Å². The summed E-state index contributed by atoms with van der Waals surface area (Å²) in [7, 11) is 0. The molecule has 2 heteroatoms. The first kappa shape index (κ1) is 13.8. The highest BCUT2D eigenvalue weighted by Crippen LogP contribution is 2.35. The van der Waals surface area contributed by atoms with Crippen molar-refractivity contribution in [2.45, 2.75) is 25.3 Å². The Morgan fingerprint density at radius 1 is 1.05 bits per heavy atom. The zero-order valence-corrected chi connectivity index (χ0v) is 13.4. The van der Waals surface area contributed by atoms with Gasteiger partial charge in [-0.15, -0.1) is 0 Å². The second-order valence-electron chi connectivity index (χ2n) is 6.01. The fraction of sp³-hybridized carbons (Fsp3) is 0.333. The third kappa shape index (κ3) is 2.97. The predicted molar refractivity (Wildman–Crippen MR) is 87.8 cm³/mol. The van der Waals surface area contributed by atoms with Crippen molar-refractivity contribution in [3.63, 3.8) is 0 Å². The van der Waals surface area contributed by atoms with Crippen molar-refractivity contribution >= 4 is 15.9 Å². The topological polar surface area (TPSA) is 3.24 Å². The van der Waals surface area contributed by atoms with Gasteiger partial charge in [0.1, 0.15) is 0 Å². The van der Waals surface area contributed by atoms with Gasteiger partial charge >= 0.3 is 0 Å². The van der Waals surface area contributed by atoms with E-state index in [1.807, 2.05) is 0 Å². The molecule has 0 saturated carbocycles. The molecule has 0 spiro atoms. The number of nitrogens with zero attached hydrogens (tertiary/aromatic N) is 1. The summed E-state index contributed by atoms with van der Waals surface area (Å²) in [6.45, 7) is 5.78. The highest BCUT2D eigenvalue weighted by Gasteiger charge is 2.34. The van der Waals surface area contributed by atoms with Gasteiger partial charge in [0.2, 0.25) is 0 Å². The minimum Gasteiger partial charge on any atom is -0.298 e. The maximum Gasteiger partial charge on any atom is 0.0234 e. The molecule has 3 rings (SSSR count). The van der Waals surface area contributed by atoms with Crippen LogP contribution in [0.4, 0.5) is 0 Å². The Bertz CT molecular complexity index is 564. The third-order valence-corrected chi connectivity index (χ3v) is 4.87. The summed E-state index contributed by atoms with van der Waals surface area (Å²) in [5.74, 6) is 0. The van der Waals surface area contributed by atoms with Crippen LogP contribution in [0, 0.1) is 0 Å². The second-order valence-corrected chi connectivity index (χ2v) is 6.93. The Hall–Kier alpha value is -1.12. The molecule has 0 aromatic heterocycles. The van der Waals surface area contributed by atoms with E-state index in [0.717, 1.165) is 17.6 Å². The Balaban J connectivity index is 1.71. The second kappa shape index (κ2) is 5.71. The normalized spacial score (nSPS) is 23.1. The lowest BCUT2D eigenvalue weighted by atomic mass is 9.82. The van der Waals surface area contributed by atoms with E-state index in [4.69, 9.17) is 0 Å². The highest BCUT2D eigenvalue weighted by molar-refractivity contribution is 9.10. The Kier molecular flexibility index (Phi) is 3.95. The number of hydrogen-bond donors (Lipinski definition) is 0. The fourth-order valence-corrected chi connectivity index (χ4v) is 3.39. The quantitative estimate of drug-likeness (QED) is 0.794. The molecule has 1 aliphatic rings. The van der Waals surface area contributed by atoms with Crippen LogP contribution in [0.25, 0.3) is 0 Å². The van der Waals surface area contributed by atoms with Crippen LogP contribution in [-0.4, -0.2) is 18.0 Å². The number of likely N-dealkylation sites (tertiary alicyclic amines) is 1. The summed E-state index contributed by atoms with van der Waals surface area (Å²) < 4.78 is 1.16. The summed E-state index contributed by atoms with van der Waals surface area (Å²) in [5.41, 5.74) is 3.15. The van der Waals surface area contributed by atoms with E-state index in [1.165, 1.54) is 24.1 Å². The van der Waals surface area contributed by atoms with Crippen molar-refractivity contribution in [1.29, 1.82) is 0 Å². The van der Waals surface area contributed by atoms with Crippen LogP contribution in [0.5, 0.6) is 0 Å². The van der Waals surface area contributed by atoms with Gasteiger partial charge in [-0.1, -0.05) is 65.3 Å². The monoisotopic (exact) mass is 329 g/mol. The lowest BCUT2D eigenvalue weighted by Gasteiger charge is -2.25. The molecule has 0 aliphatic carbocycles. The standard InChI is InChI=1S/C18H20BrN/c1-18(16-7-9-17(19)10-8-16)11-12-20(14-18)13-15-5-3-2-4-6-15/h2-10H,11-14H2,1H3. The lowest BCUT2D eigenvalue weighted by molar-refractivity contribution is 0.309. The number of rotatable bonds is 3. The fourth-order valence-electron chi connectivity index (χ4n) is 3.12. The van der Waals surface area contributed by atoms with Gasteiger partial charge in [0.25, 0.3) is 0 Å². The van der Waals surface area contributed by atoms with Gasteiger partial charge in [-0.05, 0) is 36.2 Å². The van der Waals surface area contributed by atoms with Crippen molar-refractivity contribution in [3.8, 4) is 0 Å². The molecule has 1 saturated heterocycles. The molecule has 0 bridgehead atoms. The van der Waals surface area contributed by atoms with E-state index in [0.29, 0.717) is 0 Å². The van der Waals surface area contributed by atoms with Crippen LogP contribution < -0.4 is 0 Å². The van der Waals surface area contributed by atoms with Crippen LogP contribution >= 0.6 is 15.9 Å². The van der Waals surface area contributed by atoms with Gasteiger partial charge in [0.15, 0.2) is 0 Å². The van der Waals surface area contributed by atoms with Gasteiger partial charge in [0, 0.05) is 23.0 Å². The summed E-state index contributed by atoms with van der Waals surface area (Å²) >= 11 is 3.52. The first-order chi connectivity index (χ1) is 9.66. The molecule has 1 unspecified atom stereocenters. The average Bonchev–Trinajstić information content (AvgIpc) is 2.83. The van der Waals surface area contributed by atoms with E-state index in [9.17, 15) is 0 Å². The molecule has 1 fully saturated rings. The molecular weight excluding hydrogens is 310 g/mol. The van der Waals surface area contributed by atoms with Gasteiger partial charge in [-0.3, -0.25) is 4.90 Å². The minimum absolute atomic E-state index is 0.287. The summed E-state index contributed by atoms with van der Waals surface area (Å²) in [6, 6.07) is 19.6. The maximum absolute atomic E-state index is 3.52. The summed E-state index contributed by atoms with van der Waals surface area (Å²) in [6.07, 6.45) is 1.24. The molecule has 2 aromatic rings. The Morgan fingerprint density at radius 3 is 2.45 bits per heavy atom. The van der Waals surface area contributed by atoms with Gasteiger partial charge in [-0.25, -0.2) is 0 Å². The van der Waals surface area contributed by atoms with Gasteiger partial charge < -0.3 is 0 Å². The minimum atomic E-state index is 0.287. The van der Waals surface area contributed by atoms with Crippen molar-refractivity contribution < 1.29 is 0 Å². The van der Waals surface area contributed by atoms with E-state index in [1.54, 1.807) is 0 Å². The van der Waals surface area contributed by atoms with Gasteiger partial charge in [-0.2, -0.15) is 0 Å². The van der Waals surface area contributed by atoms with Crippen LogP contribution in [0.3, 0.4) is 0 Å². The van der Waals surface area contributed by atoms with Crippen LogP contribution in [-0.2, 0) is 12.0 Å². The predicted octanol–water partition coefficient (Wildman–Crippen LogP) is 4.61. The molecule has 104 valence electrons. The highest BCUT2D eigenvalue weighted by atomic mass is 79.9. The Morgan fingerprint density at radius 2 is 1.75 bits per heavy atom. The van der Waals surface area contributed by atoms with Crippen molar-refractivity contribution in [3.05, 3.63) is 70.2 Å². The zero-order chi connectivity index (χ0) is 14.0. The lowest BCUT2D eigenvalue weighted by Crippen LogP contribution is -2.27. The average molecular weight is 330 g/mol. The smallest absolute Gasteiger partial charge is 0.0234 e. The number of benzene rings is 2. The molecule has 20 heavy (non-hydrogen) atoms. The number of halogens is 1. The SMILES string of the molecule is CC1(c2ccc(Br)cc2)CCN(Cc2ccccc2)C1. The largest absolute Gasteiger partial charge is 0.298 e. The molecule has 0 amide bonds. The first-order valence-electron chi connectivity index (χ1n) is 7.18. The van der Waals surface area contributed by atoms with E-state index in [2.05, 4.69) is 82.4 Å². The molecule has 0 radical (unpaired) electrons. The molecule has 2 aromatic carbocycles. The van der Waals surface area contributed by atoms with Crippen LogP contribution in [0.2, 0.25) is 0 Å². The molecule has 1 nitrogen and oxygen atoms in total. The van der Waals surface area contributed by atoms with E-state index >= 15 is 0 Å². The van der Waals surface area contributed by atoms with E-state index < -0.39 is 0 Å². The van der Waals surface area contributed by atoms with Gasteiger partial charge in [0.05, 0.1) is 0 Å². The molecule has 1 atom stereocenters. The molecule has 1 heterocycles. The molecule has 1 aliphatic heterocycles. The third-order valence-electron chi connectivity index (χ3n) is 4.34. The number of hydrogen-bond acceptors (Lipinski definition) is 1. The van der Waals surface area contributed by atoms with Crippen molar-refractivity contribution in [1.82, 2.24) is 4.90 Å². The van der Waals surface area contributed by atoms with Crippen molar-refractivity contribution in [2.24, 2.45) is 0 Å². The van der Waals surface area contributed by atoms with E-state index in [-0.39, 0.29) is 5.41 Å². The van der Waals surface area contributed by atoms with Crippen LogP contribution in [0.1, 0.15) is 24.5 Å². The molecule has 0 N–H and O–H groups in total. The summed E-state index contributed by atoms with van der Waals surface area (Å²) in [4.78, 5) is 2.57. The molecular formula is C18H20BrN. The Labute approximate surface area is 129 Å². The van der Waals surface area contributed by atoms with Crippen molar-refractivity contribution in [2.75, 3.05) is 13.1 Å². The maximum atomic E-state index is 3.52.